The molecular weight excluding hydrogens is 306 g/mol. The van der Waals surface area contributed by atoms with Crippen molar-refractivity contribution in [1.29, 1.82) is 0 Å². The molecule has 1 heterocycles. The summed E-state index contributed by atoms with van der Waals surface area (Å²) in [6, 6.07) is 2.11. The maximum absolute atomic E-state index is 11.5. The van der Waals surface area contributed by atoms with E-state index in [4.69, 9.17) is 0 Å². The van der Waals surface area contributed by atoms with Gasteiger partial charge in [0, 0.05) is 31.3 Å². The van der Waals surface area contributed by atoms with E-state index in [1.807, 2.05) is 6.92 Å². The van der Waals surface area contributed by atoms with Crippen LogP contribution in [0.15, 0.2) is 21.8 Å². The molecule has 0 bridgehead atoms. The molecule has 0 aliphatic rings. The number of hydrogen-bond acceptors (Lipinski definition) is 4. The second kappa shape index (κ2) is 9.04. The summed E-state index contributed by atoms with van der Waals surface area (Å²) in [6.45, 7) is 7.59. The zero-order valence-electron chi connectivity index (χ0n) is 12.9. The summed E-state index contributed by atoms with van der Waals surface area (Å²) in [4.78, 5) is 4.52. The average Bonchev–Trinajstić information content (AvgIpc) is 2.98. The highest BCUT2D eigenvalue weighted by atomic mass is 32.2. The normalized spacial score (nSPS) is 14.0. The van der Waals surface area contributed by atoms with Crippen LogP contribution in [0.1, 0.15) is 32.3 Å². The van der Waals surface area contributed by atoms with Crippen LogP contribution in [0.4, 0.5) is 0 Å². The highest BCUT2D eigenvalue weighted by Gasteiger charge is 2.08. The molecule has 0 aliphatic carbocycles. The van der Waals surface area contributed by atoms with Crippen molar-refractivity contribution in [2.24, 2.45) is 4.99 Å². The second-order valence-corrected chi connectivity index (χ2v) is 8.09. The molecule has 1 atom stereocenters. The van der Waals surface area contributed by atoms with Crippen LogP contribution in [0, 0.1) is 0 Å². The summed E-state index contributed by atoms with van der Waals surface area (Å²) in [5, 5.41) is 10.4. The Morgan fingerprint density at radius 2 is 2.14 bits per heavy atom. The minimum Gasteiger partial charge on any atom is -0.357 e. The van der Waals surface area contributed by atoms with Gasteiger partial charge in [0.15, 0.2) is 15.8 Å². The van der Waals surface area contributed by atoms with Crippen LogP contribution in [0.25, 0.3) is 0 Å². The molecule has 2 N–H and O–H groups in total. The van der Waals surface area contributed by atoms with Crippen molar-refractivity contribution in [3.05, 3.63) is 22.4 Å². The predicted octanol–water partition coefficient (Wildman–Crippen LogP) is 1.84. The number of hydrogen-bond donors (Lipinski definition) is 2. The van der Waals surface area contributed by atoms with Gasteiger partial charge < -0.3 is 10.6 Å². The second-order valence-electron chi connectivity index (χ2n) is 4.84. The number of guanidine groups is 1. The van der Waals surface area contributed by atoms with Crippen molar-refractivity contribution < 1.29 is 8.42 Å². The van der Waals surface area contributed by atoms with Crippen molar-refractivity contribution in [2.45, 2.75) is 26.7 Å². The third kappa shape index (κ3) is 6.95. The highest BCUT2D eigenvalue weighted by Crippen LogP contribution is 2.18. The number of aliphatic imine (C=N–C) groups is 1. The fourth-order valence-electron chi connectivity index (χ4n) is 1.70. The SMILES string of the molecule is CCNC(=NCC(C)c1ccsc1)NCCS(=O)(=O)CC. The van der Waals surface area contributed by atoms with E-state index >= 15 is 0 Å². The standard InChI is InChI=1S/C14H25N3O2S2/c1-4-15-14(16-7-9-21(18,19)5-2)17-10-12(3)13-6-8-20-11-13/h6,8,11-12H,4-5,7,9-10H2,1-3H3,(H2,15,16,17). The van der Waals surface area contributed by atoms with Gasteiger partial charge in [-0.3, -0.25) is 4.99 Å². The summed E-state index contributed by atoms with van der Waals surface area (Å²) in [5.74, 6) is 1.34. The Balaban J connectivity index is 2.50. The van der Waals surface area contributed by atoms with Gasteiger partial charge in [-0.1, -0.05) is 13.8 Å². The highest BCUT2D eigenvalue weighted by molar-refractivity contribution is 7.91. The van der Waals surface area contributed by atoms with E-state index in [9.17, 15) is 8.42 Å². The van der Waals surface area contributed by atoms with E-state index in [0.29, 0.717) is 25.0 Å². The Kier molecular flexibility index (Phi) is 7.74. The molecule has 1 unspecified atom stereocenters. The summed E-state index contributed by atoms with van der Waals surface area (Å²) in [6.07, 6.45) is 0. The molecule has 0 saturated carbocycles. The molecule has 0 spiro atoms. The van der Waals surface area contributed by atoms with Crippen molar-refractivity contribution in [3.8, 4) is 0 Å². The largest absolute Gasteiger partial charge is 0.357 e. The lowest BCUT2D eigenvalue weighted by atomic mass is 10.1. The molecule has 7 heteroatoms. The molecule has 1 rings (SSSR count). The van der Waals surface area contributed by atoms with Gasteiger partial charge in [-0.05, 0) is 29.3 Å². The monoisotopic (exact) mass is 331 g/mol. The van der Waals surface area contributed by atoms with Gasteiger partial charge in [-0.2, -0.15) is 11.3 Å². The minimum absolute atomic E-state index is 0.133. The third-order valence-corrected chi connectivity index (χ3v) is 5.53. The van der Waals surface area contributed by atoms with Crippen LogP contribution < -0.4 is 10.6 Å². The molecular formula is C14H25N3O2S2. The van der Waals surface area contributed by atoms with Gasteiger partial charge in [0.2, 0.25) is 0 Å². The predicted molar refractivity (Wildman–Crippen MR) is 91.0 cm³/mol. The summed E-state index contributed by atoms with van der Waals surface area (Å²) in [5.41, 5.74) is 1.29. The summed E-state index contributed by atoms with van der Waals surface area (Å²) >= 11 is 1.69. The number of nitrogens with one attached hydrogen (secondary N) is 2. The third-order valence-electron chi connectivity index (χ3n) is 3.13. The van der Waals surface area contributed by atoms with E-state index in [1.165, 1.54) is 5.56 Å². The van der Waals surface area contributed by atoms with Gasteiger partial charge in [0.25, 0.3) is 0 Å². The first kappa shape index (κ1) is 18.0. The fourth-order valence-corrected chi connectivity index (χ4v) is 3.18. The Labute approximate surface area is 131 Å². The molecule has 5 nitrogen and oxygen atoms in total. The van der Waals surface area contributed by atoms with Gasteiger partial charge in [0.05, 0.1) is 5.75 Å². The molecule has 0 radical (unpaired) electrons. The maximum Gasteiger partial charge on any atom is 0.191 e. The molecule has 1 aromatic heterocycles. The maximum atomic E-state index is 11.5. The van der Waals surface area contributed by atoms with Crippen molar-refractivity contribution >= 4 is 27.1 Å². The van der Waals surface area contributed by atoms with Crippen molar-refractivity contribution in [3.63, 3.8) is 0 Å². The molecule has 0 amide bonds. The van der Waals surface area contributed by atoms with Gasteiger partial charge in [-0.25, -0.2) is 8.42 Å². The Bertz CT molecular complexity index is 524. The summed E-state index contributed by atoms with van der Waals surface area (Å²) in [7, 11) is -2.94. The van der Waals surface area contributed by atoms with Crippen LogP contribution in [0.5, 0.6) is 0 Å². The first-order valence-corrected chi connectivity index (χ1v) is 9.99. The first-order chi connectivity index (χ1) is 9.98. The molecule has 0 aromatic carbocycles. The smallest absolute Gasteiger partial charge is 0.191 e. The quantitative estimate of drug-likeness (QED) is 0.563. The Morgan fingerprint density at radius 1 is 1.38 bits per heavy atom. The van der Waals surface area contributed by atoms with Gasteiger partial charge in [0.1, 0.15) is 0 Å². The molecule has 0 fully saturated rings. The van der Waals surface area contributed by atoms with E-state index in [1.54, 1.807) is 18.3 Å². The lowest BCUT2D eigenvalue weighted by Gasteiger charge is -2.13. The number of nitrogens with zero attached hydrogens (tertiary/aromatic N) is 1. The van der Waals surface area contributed by atoms with E-state index in [-0.39, 0.29) is 11.5 Å². The van der Waals surface area contributed by atoms with Crippen LogP contribution in [-0.4, -0.2) is 45.5 Å². The Morgan fingerprint density at radius 3 is 2.71 bits per heavy atom. The number of thiophene rings is 1. The molecule has 0 aliphatic heterocycles. The summed E-state index contributed by atoms with van der Waals surface area (Å²) < 4.78 is 22.9. The van der Waals surface area contributed by atoms with Crippen LogP contribution >= 0.6 is 11.3 Å². The van der Waals surface area contributed by atoms with Gasteiger partial charge in [-0.15, -0.1) is 0 Å². The van der Waals surface area contributed by atoms with E-state index < -0.39 is 9.84 Å². The lowest BCUT2D eigenvalue weighted by Crippen LogP contribution is -2.40. The fraction of sp³-hybridized carbons (Fsp3) is 0.643. The van der Waals surface area contributed by atoms with Gasteiger partial charge >= 0.3 is 0 Å². The zero-order valence-corrected chi connectivity index (χ0v) is 14.6. The lowest BCUT2D eigenvalue weighted by molar-refractivity contribution is 0.595. The van der Waals surface area contributed by atoms with E-state index in [0.717, 1.165) is 6.54 Å². The number of rotatable bonds is 8. The molecule has 120 valence electrons. The van der Waals surface area contributed by atoms with Crippen LogP contribution in [-0.2, 0) is 9.84 Å². The van der Waals surface area contributed by atoms with Crippen molar-refractivity contribution in [2.75, 3.05) is 31.1 Å². The zero-order chi connectivity index (χ0) is 15.7. The van der Waals surface area contributed by atoms with E-state index in [2.05, 4.69) is 39.4 Å². The average molecular weight is 332 g/mol. The molecule has 1 aromatic rings. The number of sulfone groups is 1. The molecule has 21 heavy (non-hydrogen) atoms. The molecule has 0 saturated heterocycles. The van der Waals surface area contributed by atoms with Crippen molar-refractivity contribution in [1.82, 2.24) is 10.6 Å². The first-order valence-electron chi connectivity index (χ1n) is 7.23. The topological polar surface area (TPSA) is 70.6 Å². The Hall–Kier alpha value is -1.08. The minimum atomic E-state index is -2.94. The van der Waals surface area contributed by atoms with Crippen LogP contribution in [0.2, 0.25) is 0 Å². The van der Waals surface area contributed by atoms with Crippen LogP contribution in [0.3, 0.4) is 0 Å².